The first-order valence-corrected chi connectivity index (χ1v) is 24.1. The van der Waals surface area contributed by atoms with Crippen molar-refractivity contribution in [3.8, 4) is 0 Å². The second kappa shape index (κ2) is 36.9. The maximum Gasteiger partial charge on any atom is 0.508 e. The predicted octanol–water partition coefficient (Wildman–Crippen LogP) is 15.2. The first kappa shape index (κ1) is 52.8. The SMILES string of the molecule is CC(C)CCCCCCCCCCOC(=O)OC1CCC(OC(=O)OCCCCCCCCCCC(C)C)C(OC(=O)OCCCCCCCCCCC(C)C)C1. The Labute approximate surface area is 350 Å². The van der Waals surface area contributed by atoms with Crippen LogP contribution in [-0.4, -0.2) is 56.6 Å². The maximum atomic E-state index is 12.7. The number of rotatable bonds is 36. The van der Waals surface area contributed by atoms with Crippen molar-refractivity contribution in [2.24, 2.45) is 17.8 Å². The largest absolute Gasteiger partial charge is 0.508 e. The molecule has 1 rings (SSSR count). The Bertz CT molecular complexity index is 952. The van der Waals surface area contributed by atoms with E-state index in [1.165, 1.54) is 116 Å². The Morgan fingerprint density at radius 1 is 0.368 bits per heavy atom. The lowest BCUT2D eigenvalue weighted by atomic mass is 9.92. The highest BCUT2D eigenvalue weighted by Crippen LogP contribution is 2.28. The van der Waals surface area contributed by atoms with E-state index in [1.807, 2.05) is 0 Å². The lowest BCUT2D eigenvalue weighted by molar-refractivity contribution is -0.0983. The van der Waals surface area contributed by atoms with Crippen LogP contribution in [0.4, 0.5) is 14.4 Å². The van der Waals surface area contributed by atoms with Gasteiger partial charge in [-0.25, -0.2) is 14.4 Å². The molecule has 1 fully saturated rings. The van der Waals surface area contributed by atoms with Crippen molar-refractivity contribution in [1.29, 1.82) is 0 Å². The third kappa shape index (κ3) is 34.4. The van der Waals surface area contributed by atoms with Gasteiger partial charge in [-0.1, -0.05) is 196 Å². The van der Waals surface area contributed by atoms with Gasteiger partial charge in [0.15, 0.2) is 0 Å². The highest BCUT2D eigenvalue weighted by Gasteiger charge is 2.38. The maximum absolute atomic E-state index is 12.7. The van der Waals surface area contributed by atoms with Gasteiger partial charge in [0.1, 0.15) is 18.3 Å². The van der Waals surface area contributed by atoms with Crippen LogP contribution in [0.1, 0.15) is 234 Å². The number of carbonyl (C=O) groups is 3. The van der Waals surface area contributed by atoms with Gasteiger partial charge in [-0.3, -0.25) is 0 Å². The molecule has 0 spiro atoms. The van der Waals surface area contributed by atoms with Gasteiger partial charge in [0.25, 0.3) is 0 Å². The minimum Gasteiger partial charge on any atom is -0.434 e. The molecular weight excluding hydrogens is 721 g/mol. The summed E-state index contributed by atoms with van der Waals surface area (Å²) >= 11 is 0. The van der Waals surface area contributed by atoms with Gasteiger partial charge in [0, 0.05) is 6.42 Å². The van der Waals surface area contributed by atoms with Crippen LogP contribution in [0.3, 0.4) is 0 Å². The predicted molar refractivity (Wildman–Crippen MR) is 232 cm³/mol. The molecule has 0 amide bonds. The number of unbranched alkanes of at least 4 members (excludes halogenated alkanes) is 21. The van der Waals surface area contributed by atoms with Gasteiger partial charge in [0.05, 0.1) is 19.8 Å². The summed E-state index contributed by atoms with van der Waals surface area (Å²) in [6.07, 6.45) is 28.5. The van der Waals surface area contributed by atoms with Crippen molar-refractivity contribution in [2.75, 3.05) is 19.8 Å². The molecule has 0 bridgehead atoms. The lowest BCUT2D eigenvalue weighted by Gasteiger charge is -2.33. The molecule has 1 aliphatic rings. The molecule has 0 heterocycles. The van der Waals surface area contributed by atoms with E-state index >= 15 is 0 Å². The van der Waals surface area contributed by atoms with Crippen molar-refractivity contribution < 1.29 is 42.8 Å². The van der Waals surface area contributed by atoms with Crippen LogP contribution in [0.15, 0.2) is 0 Å². The number of carbonyl (C=O) groups excluding carboxylic acids is 3. The molecule has 0 aromatic carbocycles. The van der Waals surface area contributed by atoms with Crippen molar-refractivity contribution in [2.45, 2.75) is 252 Å². The normalized spacial score (nSPS) is 16.9. The third-order valence-corrected chi connectivity index (χ3v) is 11.1. The number of ether oxygens (including phenoxy) is 6. The van der Waals surface area contributed by atoms with Gasteiger partial charge < -0.3 is 28.4 Å². The Morgan fingerprint density at radius 2 is 0.649 bits per heavy atom. The second-order valence-corrected chi connectivity index (χ2v) is 18.2. The highest BCUT2D eigenvalue weighted by molar-refractivity contribution is 5.62. The molecule has 0 N–H and O–H groups in total. The molecule has 1 aliphatic carbocycles. The van der Waals surface area contributed by atoms with Crippen LogP contribution < -0.4 is 0 Å². The summed E-state index contributed by atoms with van der Waals surface area (Å²) in [7, 11) is 0. The first-order valence-electron chi connectivity index (χ1n) is 24.1. The Balaban J connectivity index is 2.41. The summed E-state index contributed by atoms with van der Waals surface area (Å²) in [6.45, 7) is 14.6. The second-order valence-electron chi connectivity index (χ2n) is 18.2. The zero-order valence-electron chi connectivity index (χ0n) is 38.0. The van der Waals surface area contributed by atoms with Crippen LogP contribution in [-0.2, 0) is 28.4 Å². The Kier molecular flexibility index (Phi) is 34.2. The molecule has 3 atom stereocenters. The van der Waals surface area contributed by atoms with Gasteiger partial charge in [0.2, 0.25) is 0 Å². The quantitative estimate of drug-likeness (QED) is 0.0347. The molecule has 57 heavy (non-hydrogen) atoms. The summed E-state index contributed by atoms with van der Waals surface area (Å²) in [4.78, 5) is 37.9. The van der Waals surface area contributed by atoms with E-state index in [0.717, 1.165) is 75.5 Å². The van der Waals surface area contributed by atoms with E-state index < -0.39 is 36.8 Å². The zero-order valence-corrected chi connectivity index (χ0v) is 38.0. The molecular formula is C48H90O9. The van der Waals surface area contributed by atoms with E-state index in [2.05, 4.69) is 41.5 Å². The fourth-order valence-corrected chi connectivity index (χ4v) is 7.53. The molecule has 9 heteroatoms. The molecule has 3 unspecified atom stereocenters. The molecule has 0 aromatic heterocycles. The van der Waals surface area contributed by atoms with Gasteiger partial charge in [-0.15, -0.1) is 0 Å². The van der Waals surface area contributed by atoms with Crippen LogP contribution in [0, 0.1) is 17.8 Å². The first-order chi connectivity index (χ1) is 27.6. The minimum absolute atomic E-state index is 0.188. The average Bonchev–Trinajstić information content (AvgIpc) is 3.15. The fourth-order valence-electron chi connectivity index (χ4n) is 7.53. The van der Waals surface area contributed by atoms with Crippen molar-refractivity contribution in [1.82, 2.24) is 0 Å². The summed E-state index contributed by atoms with van der Waals surface area (Å²) < 4.78 is 33.1. The molecule has 0 radical (unpaired) electrons. The van der Waals surface area contributed by atoms with Crippen molar-refractivity contribution in [3.05, 3.63) is 0 Å². The van der Waals surface area contributed by atoms with Gasteiger partial charge >= 0.3 is 18.5 Å². The summed E-state index contributed by atoms with van der Waals surface area (Å²) in [6, 6.07) is 0. The molecule has 0 saturated heterocycles. The molecule has 0 aliphatic heterocycles. The highest BCUT2D eigenvalue weighted by atomic mass is 16.8. The lowest BCUT2D eigenvalue weighted by Crippen LogP contribution is -2.43. The molecule has 9 nitrogen and oxygen atoms in total. The molecule has 1 saturated carbocycles. The smallest absolute Gasteiger partial charge is 0.434 e. The number of hydrogen-bond donors (Lipinski definition) is 0. The van der Waals surface area contributed by atoms with E-state index in [1.54, 1.807) is 0 Å². The van der Waals surface area contributed by atoms with E-state index in [9.17, 15) is 14.4 Å². The van der Waals surface area contributed by atoms with Gasteiger partial charge in [-0.05, 0) is 49.9 Å². The van der Waals surface area contributed by atoms with Gasteiger partial charge in [-0.2, -0.15) is 0 Å². The summed E-state index contributed by atoms with van der Waals surface area (Å²) in [5.41, 5.74) is 0. The van der Waals surface area contributed by atoms with Crippen LogP contribution >= 0.6 is 0 Å². The number of hydrogen-bond acceptors (Lipinski definition) is 9. The fraction of sp³-hybridized carbons (Fsp3) is 0.938. The van der Waals surface area contributed by atoms with E-state index in [-0.39, 0.29) is 13.0 Å². The third-order valence-electron chi connectivity index (χ3n) is 11.1. The summed E-state index contributed by atoms with van der Waals surface area (Å²) in [5, 5.41) is 0. The van der Waals surface area contributed by atoms with Crippen LogP contribution in [0.25, 0.3) is 0 Å². The monoisotopic (exact) mass is 811 g/mol. The van der Waals surface area contributed by atoms with E-state index in [4.69, 9.17) is 28.4 Å². The summed E-state index contributed by atoms with van der Waals surface area (Å²) in [5.74, 6) is 2.36. The Morgan fingerprint density at radius 3 is 0.982 bits per heavy atom. The van der Waals surface area contributed by atoms with E-state index in [0.29, 0.717) is 26.1 Å². The topological polar surface area (TPSA) is 107 Å². The van der Waals surface area contributed by atoms with Crippen molar-refractivity contribution >= 4 is 18.5 Å². The van der Waals surface area contributed by atoms with Crippen LogP contribution in [0.5, 0.6) is 0 Å². The van der Waals surface area contributed by atoms with Crippen molar-refractivity contribution in [3.63, 3.8) is 0 Å². The molecule has 336 valence electrons. The van der Waals surface area contributed by atoms with Crippen LogP contribution in [0.2, 0.25) is 0 Å². The average molecular weight is 811 g/mol. The standard InChI is InChI=1S/C48H90O9/c1-40(2)31-25-19-13-7-10-16-22-28-36-52-46(49)55-43-34-35-44(56-47(50)53-37-29-23-17-11-8-14-20-26-32-41(3)4)45(39-43)57-48(51)54-38-30-24-18-12-9-15-21-27-33-42(5)6/h40-45H,7-39H2,1-6H3. The Hall–Kier alpha value is -2.19. The zero-order chi connectivity index (χ0) is 41.8. The minimum atomic E-state index is -0.821. The molecule has 0 aromatic rings.